The standard InChI is InChI=1S/C13H20ClN/c1-2-3-9-15-13(11-14)10-12-7-5-4-6-8-12/h4-8,13,15H,2-3,9-11H2,1H3. The molecule has 0 aliphatic rings. The first-order valence-electron chi connectivity index (χ1n) is 5.70. The van der Waals surface area contributed by atoms with Crippen LogP contribution in [0, 0.1) is 0 Å². The van der Waals surface area contributed by atoms with Gasteiger partial charge in [0, 0.05) is 11.9 Å². The molecule has 0 saturated heterocycles. The number of benzene rings is 1. The molecule has 1 unspecified atom stereocenters. The van der Waals surface area contributed by atoms with Crippen molar-refractivity contribution in [1.29, 1.82) is 0 Å². The first-order valence-corrected chi connectivity index (χ1v) is 6.23. The van der Waals surface area contributed by atoms with Crippen molar-refractivity contribution in [2.45, 2.75) is 32.2 Å². The zero-order valence-electron chi connectivity index (χ0n) is 9.38. The molecule has 0 aliphatic carbocycles. The third-order valence-corrected chi connectivity index (χ3v) is 2.85. The minimum absolute atomic E-state index is 0.403. The Balaban J connectivity index is 2.33. The van der Waals surface area contributed by atoms with E-state index < -0.39 is 0 Å². The van der Waals surface area contributed by atoms with Gasteiger partial charge >= 0.3 is 0 Å². The number of nitrogens with one attached hydrogen (secondary N) is 1. The third-order valence-electron chi connectivity index (χ3n) is 2.47. The van der Waals surface area contributed by atoms with E-state index in [0.717, 1.165) is 13.0 Å². The summed E-state index contributed by atoms with van der Waals surface area (Å²) in [5, 5.41) is 3.49. The van der Waals surface area contributed by atoms with E-state index in [0.29, 0.717) is 11.9 Å². The van der Waals surface area contributed by atoms with E-state index in [1.807, 2.05) is 6.07 Å². The minimum Gasteiger partial charge on any atom is -0.312 e. The molecule has 0 radical (unpaired) electrons. The molecular formula is C13H20ClN. The fourth-order valence-electron chi connectivity index (χ4n) is 1.56. The fraction of sp³-hybridized carbons (Fsp3) is 0.538. The lowest BCUT2D eigenvalue weighted by atomic mass is 10.1. The number of hydrogen-bond acceptors (Lipinski definition) is 1. The van der Waals surface area contributed by atoms with Gasteiger partial charge in [-0.05, 0) is 24.9 Å². The van der Waals surface area contributed by atoms with Gasteiger partial charge in [-0.25, -0.2) is 0 Å². The van der Waals surface area contributed by atoms with Gasteiger partial charge in [-0.3, -0.25) is 0 Å². The van der Waals surface area contributed by atoms with E-state index in [4.69, 9.17) is 11.6 Å². The largest absolute Gasteiger partial charge is 0.312 e. The molecule has 0 heterocycles. The summed E-state index contributed by atoms with van der Waals surface area (Å²) >= 11 is 5.93. The number of halogens is 1. The Morgan fingerprint density at radius 3 is 2.60 bits per heavy atom. The highest BCUT2D eigenvalue weighted by Gasteiger charge is 2.06. The Kier molecular flexibility index (Phi) is 6.45. The van der Waals surface area contributed by atoms with Crippen molar-refractivity contribution in [2.24, 2.45) is 0 Å². The van der Waals surface area contributed by atoms with Crippen LogP contribution in [0.1, 0.15) is 25.3 Å². The van der Waals surface area contributed by atoms with Crippen LogP contribution in [0.25, 0.3) is 0 Å². The third kappa shape index (κ3) is 5.19. The van der Waals surface area contributed by atoms with Crippen LogP contribution in [0.2, 0.25) is 0 Å². The average Bonchev–Trinajstić information content (AvgIpc) is 2.29. The van der Waals surface area contributed by atoms with Crippen LogP contribution in [-0.4, -0.2) is 18.5 Å². The van der Waals surface area contributed by atoms with E-state index >= 15 is 0 Å². The Hall–Kier alpha value is -0.530. The maximum Gasteiger partial charge on any atom is 0.0380 e. The molecule has 0 aliphatic heterocycles. The molecule has 84 valence electrons. The van der Waals surface area contributed by atoms with Crippen LogP contribution in [-0.2, 0) is 6.42 Å². The molecule has 0 spiro atoms. The maximum absolute atomic E-state index is 5.93. The molecule has 1 rings (SSSR count). The Bertz CT molecular complexity index is 248. The molecule has 15 heavy (non-hydrogen) atoms. The first-order chi connectivity index (χ1) is 7.36. The highest BCUT2D eigenvalue weighted by atomic mass is 35.5. The van der Waals surface area contributed by atoms with Crippen LogP contribution in [0.3, 0.4) is 0 Å². The molecule has 2 heteroatoms. The Morgan fingerprint density at radius 1 is 1.27 bits per heavy atom. The van der Waals surface area contributed by atoms with Gasteiger partial charge in [0.1, 0.15) is 0 Å². The van der Waals surface area contributed by atoms with Crippen molar-refractivity contribution in [2.75, 3.05) is 12.4 Å². The summed E-state index contributed by atoms with van der Waals surface area (Å²) in [7, 11) is 0. The van der Waals surface area contributed by atoms with E-state index in [1.54, 1.807) is 0 Å². The van der Waals surface area contributed by atoms with Crippen molar-refractivity contribution in [3.05, 3.63) is 35.9 Å². The van der Waals surface area contributed by atoms with Gasteiger partial charge in [0.15, 0.2) is 0 Å². The molecule has 0 saturated carbocycles. The monoisotopic (exact) mass is 225 g/mol. The molecular weight excluding hydrogens is 206 g/mol. The van der Waals surface area contributed by atoms with Crippen LogP contribution in [0.15, 0.2) is 30.3 Å². The summed E-state index contributed by atoms with van der Waals surface area (Å²) in [6, 6.07) is 10.9. The van der Waals surface area contributed by atoms with Crippen LogP contribution >= 0.6 is 11.6 Å². The summed E-state index contributed by atoms with van der Waals surface area (Å²) in [5.41, 5.74) is 1.35. The summed E-state index contributed by atoms with van der Waals surface area (Å²) in [5.74, 6) is 0.679. The lowest BCUT2D eigenvalue weighted by Gasteiger charge is -2.15. The summed E-state index contributed by atoms with van der Waals surface area (Å²) in [6.45, 7) is 3.27. The van der Waals surface area contributed by atoms with Crippen molar-refractivity contribution >= 4 is 11.6 Å². The highest BCUT2D eigenvalue weighted by molar-refractivity contribution is 6.18. The molecule has 1 N–H and O–H groups in total. The van der Waals surface area contributed by atoms with E-state index in [-0.39, 0.29) is 0 Å². The number of rotatable bonds is 7. The quantitative estimate of drug-likeness (QED) is 0.555. The summed E-state index contributed by atoms with van der Waals surface area (Å²) < 4.78 is 0. The second-order valence-corrected chi connectivity index (χ2v) is 4.16. The summed E-state index contributed by atoms with van der Waals surface area (Å²) in [6.07, 6.45) is 3.48. The maximum atomic E-state index is 5.93. The molecule has 1 nitrogen and oxygen atoms in total. The molecule has 1 atom stereocenters. The van der Waals surface area contributed by atoms with E-state index in [1.165, 1.54) is 18.4 Å². The number of hydrogen-bond donors (Lipinski definition) is 1. The number of alkyl halides is 1. The molecule has 0 bridgehead atoms. The zero-order chi connectivity index (χ0) is 10.9. The second-order valence-electron chi connectivity index (χ2n) is 3.85. The van der Waals surface area contributed by atoms with E-state index in [2.05, 4.69) is 36.5 Å². The van der Waals surface area contributed by atoms with Gasteiger partial charge in [-0.2, -0.15) is 0 Å². The number of unbranched alkanes of at least 4 members (excludes halogenated alkanes) is 1. The predicted octanol–water partition coefficient (Wildman–Crippen LogP) is 3.23. The molecule has 0 amide bonds. The normalized spacial score (nSPS) is 12.7. The molecule has 1 aromatic rings. The molecule has 0 fully saturated rings. The predicted molar refractivity (Wildman–Crippen MR) is 67.6 cm³/mol. The Morgan fingerprint density at radius 2 is 2.00 bits per heavy atom. The van der Waals surface area contributed by atoms with Crippen LogP contribution < -0.4 is 5.32 Å². The molecule has 0 aromatic heterocycles. The highest BCUT2D eigenvalue weighted by Crippen LogP contribution is 2.04. The van der Waals surface area contributed by atoms with Crippen LogP contribution in [0.4, 0.5) is 0 Å². The van der Waals surface area contributed by atoms with Gasteiger partial charge in [0.2, 0.25) is 0 Å². The molecule has 1 aromatic carbocycles. The topological polar surface area (TPSA) is 12.0 Å². The average molecular weight is 226 g/mol. The lowest BCUT2D eigenvalue weighted by molar-refractivity contribution is 0.535. The first kappa shape index (κ1) is 12.5. The smallest absolute Gasteiger partial charge is 0.0380 e. The zero-order valence-corrected chi connectivity index (χ0v) is 10.1. The lowest BCUT2D eigenvalue weighted by Crippen LogP contribution is -2.33. The van der Waals surface area contributed by atoms with E-state index in [9.17, 15) is 0 Å². The van der Waals surface area contributed by atoms with Gasteiger partial charge < -0.3 is 5.32 Å². The van der Waals surface area contributed by atoms with Gasteiger partial charge in [0.25, 0.3) is 0 Å². The van der Waals surface area contributed by atoms with Crippen molar-refractivity contribution in [3.63, 3.8) is 0 Å². The minimum atomic E-state index is 0.403. The summed E-state index contributed by atoms with van der Waals surface area (Å²) in [4.78, 5) is 0. The van der Waals surface area contributed by atoms with Gasteiger partial charge in [-0.1, -0.05) is 43.7 Å². The Labute approximate surface area is 97.8 Å². The van der Waals surface area contributed by atoms with Crippen molar-refractivity contribution in [3.8, 4) is 0 Å². The van der Waals surface area contributed by atoms with Gasteiger partial charge in [-0.15, -0.1) is 11.6 Å². The van der Waals surface area contributed by atoms with Crippen molar-refractivity contribution < 1.29 is 0 Å². The fourth-order valence-corrected chi connectivity index (χ4v) is 1.78. The SMILES string of the molecule is CCCCNC(CCl)Cc1ccccc1. The van der Waals surface area contributed by atoms with Crippen LogP contribution in [0.5, 0.6) is 0 Å². The van der Waals surface area contributed by atoms with Crippen molar-refractivity contribution in [1.82, 2.24) is 5.32 Å². The second kappa shape index (κ2) is 7.72. The van der Waals surface area contributed by atoms with Gasteiger partial charge in [0.05, 0.1) is 0 Å².